The van der Waals surface area contributed by atoms with Gasteiger partial charge in [-0.05, 0) is 48.9 Å². The third-order valence-electron chi connectivity index (χ3n) is 4.09. The second kappa shape index (κ2) is 9.85. The number of ether oxygens (including phenoxy) is 2. The van der Waals surface area contributed by atoms with Crippen LogP contribution in [0.3, 0.4) is 0 Å². The Morgan fingerprint density at radius 2 is 1.68 bits per heavy atom. The molecule has 1 N–H and O–H groups in total. The number of carbonyl (C=O) groups is 1. The summed E-state index contributed by atoms with van der Waals surface area (Å²) in [6, 6.07) is 25.4. The highest BCUT2D eigenvalue weighted by atomic mass is 32.2. The van der Waals surface area contributed by atoms with Crippen molar-refractivity contribution in [1.29, 1.82) is 0 Å². The van der Waals surface area contributed by atoms with Crippen molar-refractivity contribution in [1.82, 2.24) is 0 Å². The molecule has 4 nitrogen and oxygen atoms in total. The number of nitrogens with one attached hydrogen (secondary N) is 1. The molecule has 0 aliphatic carbocycles. The van der Waals surface area contributed by atoms with Gasteiger partial charge >= 0.3 is 0 Å². The minimum absolute atomic E-state index is 0.200. The van der Waals surface area contributed by atoms with Crippen LogP contribution in [0, 0.1) is 0 Å². The minimum Gasteiger partial charge on any atom is -0.497 e. The zero-order chi connectivity index (χ0) is 19.8. The number of rotatable bonds is 8. The number of carbonyl (C=O) groups excluding carboxylic acids is 1. The molecule has 28 heavy (non-hydrogen) atoms. The van der Waals surface area contributed by atoms with E-state index < -0.39 is 6.10 Å². The minimum atomic E-state index is -0.625. The molecule has 1 amide bonds. The first-order chi connectivity index (χ1) is 13.6. The molecule has 1 unspecified atom stereocenters. The van der Waals surface area contributed by atoms with Gasteiger partial charge in [0.25, 0.3) is 5.91 Å². The third-order valence-corrected chi connectivity index (χ3v) is 5.18. The smallest absolute Gasteiger partial charge is 0.265 e. The van der Waals surface area contributed by atoms with Gasteiger partial charge in [-0.3, -0.25) is 4.79 Å². The quantitative estimate of drug-likeness (QED) is 0.521. The maximum absolute atomic E-state index is 12.4. The van der Waals surface area contributed by atoms with Gasteiger partial charge < -0.3 is 14.8 Å². The fourth-order valence-corrected chi connectivity index (χ4v) is 3.42. The van der Waals surface area contributed by atoms with Crippen LogP contribution in [0.4, 0.5) is 5.69 Å². The van der Waals surface area contributed by atoms with Gasteiger partial charge in [0.2, 0.25) is 0 Å². The summed E-state index contributed by atoms with van der Waals surface area (Å²) in [5, 5.41) is 2.89. The van der Waals surface area contributed by atoms with Crippen molar-refractivity contribution in [3.63, 3.8) is 0 Å². The fourth-order valence-electron chi connectivity index (χ4n) is 2.54. The van der Waals surface area contributed by atoms with Crippen LogP contribution in [0.5, 0.6) is 11.5 Å². The Morgan fingerprint density at radius 1 is 0.964 bits per heavy atom. The molecular formula is C23H23NO3S. The summed E-state index contributed by atoms with van der Waals surface area (Å²) in [4.78, 5) is 13.6. The van der Waals surface area contributed by atoms with Crippen LogP contribution in [0.25, 0.3) is 0 Å². The SMILES string of the molecule is COc1cccc(OC(C)C(=O)Nc2ccc(CSc3ccccc3)cc2)c1. The monoisotopic (exact) mass is 393 g/mol. The van der Waals surface area contributed by atoms with Crippen LogP contribution in [0.15, 0.2) is 83.8 Å². The number of hydrogen-bond acceptors (Lipinski definition) is 4. The van der Waals surface area contributed by atoms with E-state index in [1.54, 1.807) is 37.9 Å². The molecular weight excluding hydrogens is 370 g/mol. The van der Waals surface area contributed by atoms with E-state index in [4.69, 9.17) is 9.47 Å². The lowest BCUT2D eigenvalue weighted by Gasteiger charge is -2.15. The number of thioether (sulfide) groups is 1. The summed E-state index contributed by atoms with van der Waals surface area (Å²) in [7, 11) is 1.59. The van der Waals surface area contributed by atoms with E-state index >= 15 is 0 Å². The molecule has 0 saturated carbocycles. The average Bonchev–Trinajstić information content (AvgIpc) is 2.74. The van der Waals surface area contributed by atoms with Crippen LogP contribution >= 0.6 is 11.8 Å². The van der Waals surface area contributed by atoms with E-state index in [9.17, 15) is 4.79 Å². The summed E-state index contributed by atoms with van der Waals surface area (Å²) in [5.41, 5.74) is 1.95. The molecule has 5 heteroatoms. The number of anilines is 1. The lowest BCUT2D eigenvalue weighted by molar-refractivity contribution is -0.122. The van der Waals surface area contributed by atoms with E-state index in [-0.39, 0.29) is 5.91 Å². The predicted octanol–water partition coefficient (Wildman–Crippen LogP) is 5.39. The molecule has 0 aromatic heterocycles. The van der Waals surface area contributed by atoms with Gasteiger partial charge in [-0.1, -0.05) is 36.4 Å². The lowest BCUT2D eigenvalue weighted by atomic mass is 10.2. The third kappa shape index (κ3) is 5.79. The van der Waals surface area contributed by atoms with E-state index in [1.807, 2.05) is 54.6 Å². The summed E-state index contributed by atoms with van der Waals surface area (Å²) < 4.78 is 10.9. The van der Waals surface area contributed by atoms with E-state index in [2.05, 4.69) is 17.4 Å². The maximum Gasteiger partial charge on any atom is 0.265 e. The highest BCUT2D eigenvalue weighted by molar-refractivity contribution is 7.98. The highest BCUT2D eigenvalue weighted by Crippen LogP contribution is 2.23. The Hall–Kier alpha value is -2.92. The standard InChI is InChI=1S/C23H23NO3S/c1-17(27-21-8-6-7-20(15-21)26-2)23(25)24-19-13-11-18(12-14-19)16-28-22-9-4-3-5-10-22/h3-15,17H,16H2,1-2H3,(H,24,25). The van der Waals surface area contributed by atoms with E-state index in [1.165, 1.54) is 10.5 Å². The van der Waals surface area contributed by atoms with E-state index in [0.29, 0.717) is 11.5 Å². The predicted molar refractivity (Wildman–Crippen MR) is 114 cm³/mol. The second-order valence-corrected chi connectivity index (χ2v) is 7.28. The van der Waals surface area contributed by atoms with Crippen LogP contribution in [0.2, 0.25) is 0 Å². The van der Waals surface area contributed by atoms with Gasteiger partial charge in [0, 0.05) is 22.4 Å². The van der Waals surface area contributed by atoms with Crippen LogP contribution in [-0.4, -0.2) is 19.1 Å². The van der Waals surface area contributed by atoms with Crippen molar-refractivity contribution in [2.24, 2.45) is 0 Å². The molecule has 3 aromatic carbocycles. The van der Waals surface area contributed by atoms with Crippen molar-refractivity contribution in [2.45, 2.75) is 23.7 Å². The molecule has 0 heterocycles. The number of methoxy groups -OCH3 is 1. The first-order valence-electron chi connectivity index (χ1n) is 9.02. The molecule has 0 aliphatic heterocycles. The second-order valence-electron chi connectivity index (χ2n) is 6.23. The van der Waals surface area contributed by atoms with Gasteiger partial charge in [-0.15, -0.1) is 11.8 Å². The Kier molecular flexibility index (Phi) is 6.98. The molecule has 0 bridgehead atoms. The Morgan fingerprint density at radius 3 is 2.39 bits per heavy atom. The van der Waals surface area contributed by atoms with Crippen molar-refractivity contribution in [3.8, 4) is 11.5 Å². The van der Waals surface area contributed by atoms with Crippen molar-refractivity contribution in [2.75, 3.05) is 12.4 Å². The molecule has 144 valence electrons. The molecule has 0 spiro atoms. The summed E-state index contributed by atoms with van der Waals surface area (Å²) in [6.45, 7) is 1.72. The first kappa shape index (κ1) is 19.8. The molecule has 0 radical (unpaired) electrons. The van der Waals surface area contributed by atoms with Gasteiger partial charge in [0.05, 0.1) is 7.11 Å². The van der Waals surface area contributed by atoms with Crippen molar-refractivity contribution < 1.29 is 14.3 Å². The molecule has 0 fully saturated rings. The first-order valence-corrected chi connectivity index (χ1v) is 10.0. The number of hydrogen-bond donors (Lipinski definition) is 1. The van der Waals surface area contributed by atoms with Gasteiger partial charge in [0.1, 0.15) is 11.5 Å². The topological polar surface area (TPSA) is 47.6 Å². The van der Waals surface area contributed by atoms with Crippen LogP contribution in [0.1, 0.15) is 12.5 Å². The van der Waals surface area contributed by atoms with Gasteiger partial charge in [-0.25, -0.2) is 0 Å². The molecule has 0 aliphatic rings. The zero-order valence-electron chi connectivity index (χ0n) is 15.9. The van der Waals surface area contributed by atoms with Crippen molar-refractivity contribution in [3.05, 3.63) is 84.4 Å². The normalized spacial score (nSPS) is 11.5. The maximum atomic E-state index is 12.4. The van der Waals surface area contributed by atoms with Crippen molar-refractivity contribution >= 4 is 23.4 Å². The van der Waals surface area contributed by atoms with Gasteiger partial charge in [0.15, 0.2) is 6.10 Å². The summed E-state index contributed by atoms with van der Waals surface area (Å²) in [6.07, 6.45) is -0.625. The fraction of sp³-hybridized carbons (Fsp3) is 0.174. The molecule has 0 saturated heterocycles. The molecule has 1 atom stereocenters. The number of amides is 1. The molecule has 3 aromatic rings. The van der Waals surface area contributed by atoms with E-state index in [0.717, 1.165) is 11.4 Å². The Labute approximate surface area is 169 Å². The van der Waals surface area contributed by atoms with Crippen LogP contribution in [-0.2, 0) is 10.5 Å². The zero-order valence-corrected chi connectivity index (χ0v) is 16.7. The van der Waals surface area contributed by atoms with Gasteiger partial charge in [-0.2, -0.15) is 0 Å². The lowest BCUT2D eigenvalue weighted by Crippen LogP contribution is -2.30. The Balaban J connectivity index is 1.51. The Bertz CT molecular complexity index is 897. The summed E-state index contributed by atoms with van der Waals surface area (Å²) >= 11 is 1.78. The number of benzene rings is 3. The average molecular weight is 394 g/mol. The molecule has 3 rings (SSSR count). The van der Waals surface area contributed by atoms with Crippen LogP contribution < -0.4 is 14.8 Å². The summed E-state index contributed by atoms with van der Waals surface area (Å²) in [5.74, 6) is 1.96. The largest absolute Gasteiger partial charge is 0.497 e. The highest BCUT2D eigenvalue weighted by Gasteiger charge is 2.15.